The van der Waals surface area contributed by atoms with E-state index in [9.17, 15) is 22.8 Å². The molecule has 34 heavy (non-hydrogen) atoms. The Bertz CT molecular complexity index is 1260. The minimum atomic E-state index is -4.65. The van der Waals surface area contributed by atoms with Gasteiger partial charge < -0.3 is 19.8 Å². The van der Waals surface area contributed by atoms with Crippen molar-refractivity contribution in [3.63, 3.8) is 0 Å². The molecule has 180 valence electrons. The summed E-state index contributed by atoms with van der Waals surface area (Å²) in [6.45, 7) is 1.29. The number of aryl methyl sites for hydroxylation is 1. The number of benzene rings is 2. The van der Waals surface area contributed by atoms with Crippen LogP contribution in [0.5, 0.6) is 11.5 Å². The maximum atomic E-state index is 13.3. The van der Waals surface area contributed by atoms with Gasteiger partial charge in [0.15, 0.2) is 0 Å². The molecule has 3 rings (SSSR count). The minimum Gasteiger partial charge on any atom is -0.456 e. The Labute approximate surface area is 195 Å². The zero-order valence-electron chi connectivity index (χ0n) is 17.5. The molecule has 3 N–H and O–H groups in total. The summed E-state index contributed by atoms with van der Waals surface area (Å²) in [4.78, 5) is 42.5. The second kappa shape index (κ2) is 10.6. The van der Waals surface area contributed by atoms with Crippen LogP contribution in [0.25, 0.3) is 0 Å². The third-order valence-corrected chi connectivity index (χ3v) is 5.24. The lowest BCUT2D eigenvalue weighted by Crippen LogP contribution is -2.21. The first-order valence-electron chi connectivity index (χ1n) is 9.52. The van der Waals surface area contributed by atoms with Crippen molar-refractivity contribution in [2.45, 2.75) is 19.8 Å². The van der Waals surface area contributed by atoms with Gasteiger partial charge >= 0.3 is 14.8 Å². The van der Waals surface area contributed by atoms with E-state index in [1.807, 2.05) is 0 Å². The van der Waals surface area contributed by atoms with Crippen molar-refractivity contribution in [3.05, 3.63) is 81.8 Å². The lowest BCUT2D eigenvalue weighted by molar-refractivity contribution is -0.137. The van der Waals surface area contributed by atoms with Crippen molar-refractivity contribution in [1.82, 2.24) is 4.57 Å². The van der Waals surface area contributed by atoms with Gasteiger partial charge in [-0.1, -0.05) is 6.07 Å². The predicted octanol–water partition coefficient (Wildman–Crippen LogP) is 3.91. The van der Waals surface area contributed by atoms with Gasteiger partial charge in [0.1, 0.15) is 18.2 Å². The molecule has 1 amide bonds. The van der Waals surface area contributed by atoms with Gasteiger partial charge in [-0.15, -0.1) is 9.24 Å². The van der Waals surface area contributed by atoms with E-state index in [0.717, 1.165) is 34.1 Å². The number of aromatic nitrogens is 1. The first-order chi connectivity index (χ1) is 15.9. The van der Waals surface area contributed by atoms with Crippen LogP contribution in [-0.2, 0) is 17.4 Å². The summed E-state index contributed by atoms with van der Waals surface area (Å²) in [5.74, 6) is -0.838. The molecule has 3 aromatic rings. The van der Waals surface area contributed by atoms with Crippen LogP contribution in [0, 0.1) is 6.92 Å². The highest BCUT2D eigenvalue weighted by Gasteiger charge is 2.32. The molecule has 0 bridgehead atoms. The number of pyridine rings is 1. The van der Waals surface area contributed by atoms with Gasteiger partial charge in [0.25, 0.3) is 11.5 Å². The molecule has 0 spiro atoms. The third kappa shape index (κ3) is 6.62. The topological polar surface area (TPSA) is 110 Å². The van der Waals surface area contributed by atoms with Gasteiger partial charge in [-0.2, -0.15) is 13.2 Å². The van der Waals surface area contributed by atoms with Crippen LogP contribution in [-0.4, -0.2) is 20.3 Å². The highest BCUT2D eigenvalue weighted by molar-refractivity contribution is 7.39. The summed E-state index contributed by atoms with van der Waals surface area (Å²) in [6, 6.07) is 9.90. The molecule has 0 aliphatic heterocycles. The minimum absolute atomic E-state index is 0.0656. The molecular formula is C21H19F3N2O6P2. The quantitative estimate of drug-likeness (QED) is 0.413. The number of hydrogen-bond acceptors (Lipinski definition) is 6. The summed E-state index contributed by atoms with van der Waals surface area (Å²) in [5, 5.41) is 3.30. The molecular weight excluding hydrogens is 495 g/mol. The van der Waals surface area contributed by atoms with Crippen LogP contribution in [0.4, 0.5) is 18.9 Å². The number of alkyl halides is 3. The maximum absolute atomic E-state index is 13.3. The molecule has 1 unspecified atom stereocenters. The number of halogens is 3. The van der Waals surface area contributed by atoms with Gasteiger partial charge in [-0.25, -0.2) is 0 Å². The van der Waals surface area contributed by atoms with E-state index in [1.165, 1.54) is 12.3 Å². The van der Waals surface area contributed by atoms with Crippen molar-refractivity contribution in [1.29, 1.82) is 0 Å². The fourth-order valence-corrected chi connectivity index (χ4v) is 3.45. The van der Waals surface area contributed by atoms with E-state index in [2.05, 4.69) is 19.1 Å². The molecule has 13 heteroatoms. The van der Waals surface area contributed by atoms with Crippen LogP contribution in [0.15, 0.2) is 59.5 Å². The summed E-state index contributed by atoms with van der Waals surface area (Å²) in [7, 11) is -0.159. The van der Waals surface area contributed by atoms with Crippen molar-refractivity contribution in [2.24, 2.45) is 0 Å². The Morgan fingerprint density at radius 3 is 2.47 bits per heavy atom. The highest BCUT2D eigenvalue weighted by Crippen LogP contribution is 2.36. The standard InChI is InChI=1S/C21H19F3N2O6P2/c1-12-8-15(33)3-5-17(12)32-18-9-13(21(22,23)24)2-4-16(18)20(28)25-14-6-7-26(19(27)10-14)11-31-34(29)30/h2-10,29-30H,11,33H2,1H3,(H,25,28). The van der Waals surface area contributed by atoms with Gasteiger partial charge in [-0.05, 0) is 54.2 Å². The zero-order chi connectivity index (χ0) is 25.0. The Morgan fingerprint density at radius 2 is 1.85 bits per heavy atom. The van der Waals surface area contributed by atoms with Crippen molar-refractivity contribution in [3.8, 4) is 11.5 Å². The van der Waals surface area contributed by atoms with Crippen molar-refractivity contribution < 1.29 is 37.0 Å². The van der Waals surface area contributed by atoms with E-state index in [4.69, 9.17) is 14.5 Å². The molecule has 8 nitrogen and oxygen atoms in total. The van der Waals surface area contributed by atoms with Gasteiger partial charge in [0.2, 0.25) is 0 Å². The van der Waals surface area contributed by atoms with E-state index >= 15 is 0 Å². The Kier molecular flexibility index (Phi) is 8.07. The van der Waals surface area contributed by atoms with Gasteiger partial charge in [-0.3, -0.25) is 18.7 Å². The molecule has 0 aliphatic carbocycles. The molecule has 2 aromatic carbocycles. The van der Waals surface area contributed by atoms with Crippen LogP contribution in [0.3, 0.4) is 0 Å². The molecule has 1 heterocycles. The first-order valence-corrected chi connectivity index (χ1v) is 11.3. The third-order valence-electron chi connectivity index (χ3n) is 4.54. The molecule has 0 saturated carbocycles. The number of carbonyl (C=O) groups excluding carboxylic acids is 1. The second-order valence-electron chi connectivity index (χ2n) is 7.02. The number of amides is 1. The smallest absolute Gasteiger partial charge is 0.416 e. The summed E-state index contributed by atoms with van der Waals surface area (Å²) in [5.41, 5.74) is -1.07. The highest BCUT2D eigenvalue weighted by atomic mass is 31.2. The van der Waals surface area contributed by atoms with E-state index in [-0.39, 0.29) is 22.7 Å². The van der Waals surface area contributed by atoms with Gasteiger partial charge in [0.05, 0.1) is 11.1 Å². The van der Waals surface area contributed by atoms with Crippen LogP contribution < -0.4 is 20.9 Å². The fraction of sp³-hybridized carbons (Fsp3) is 0.143. The predicted molar refractivity (Wildman–Crippen MR) is 123 cm³/mol. The zero-order valence-corrected chi connectivity index (χ0v) is 19.6. The fourth-order valence-electron chi connectivity index (χ4n) is 2.88. The number of hydrogen-bond donors (Lipinski definition) is 3. The first kappa shape index (κ1) is 25.8. The van der Waals surface area contributed by atoms with Gasteiger partial charge in [0, 0.05) is 18.0 Å². The van der Waals surface area contributed by atoms with E-state index in [0.29, 0.717) is 5.56 Å². The number of anilines is 1. The normalized spacial score (nSPS) is 11.5. The largest absolute Gasteiger partial charge is 0.456 e. The lowest BCUT2D eigenvalue weighted by Gasteiger charge is -2.16. The Balaban J connectivity index is 1.91. The molecule has 0 radical (unpaired) electrons. The van der Waals surface area contributed by atoms with Crippen LogP contribution in [0.2, 0.25) is 0 Å². The number of carbonyl (C=O) groups is 1. The second-order valence-corrected chi connectivity index (χ2v) is 8.45. The lowest BCUT2D eigenvalue weighted by atomic mass is 10.1. The van der Waals surface area contributed by atoms with Crippen LogP contribution in [0.1, 0.15) is 21.5 Å². The molecule has 0 saturated heterocycles. The average Bonchev–Trinajstić information content (AvgIpc) is 2.74. The molecule has 0 aliphatic rings. The summed E-state index contributed by atoms with van der Waals surface area (Å²) in [6.07, 6.45) is -3.41. The number of rotatable bonds is 7. The molecule has 1 aromatic heterocycles. The van der Waals surface area contributed by atoms with E-state index in [1.54, 1.807) is 25.1 Å². The Morgan fingerprint density at radius 1 is 1.12 bits per heavy atom. The monoisotopic (exact) mass is 514 g/mol. The van der Waals surface area contributed by atoms with Crippen molar-refractivity contribution in [2.75, 3.05) is 5.32 Å². The summed E-state index contributed by atoms with van der Waals surface area (Å²) < 4.78 is 51.1. The summed E-state index contributed by atoms with van der Waals surface area (Å²) >= 11 is 0. The SMILES string of the molecule is Cc1cc(P)ccc1Oc1cc(C(F)(F)F)ccc1C(=O)Nc1ccn(COP(O)O)c(=O)c1. The molecule has 0 fully saturated rings. The Hall–Kier alpha value is -2.81. The van der Waals surface area contributed by atoms with E-state index < -0.39 is 38.5 Å². The maximum Gasteiger partial charge on any atom is 0.416 e. The van der Waals surface area contributed by atoms with Crippen LogP contribution >= 0.6 is 17.8 Å². The number of ether oxygens (including phenoxy) is 1. The number of nitrogens with one attached hydrogen (secondary N) is 1. The van der Waals surface area contributed by atoms with Crippen molar-refractivity contribution >= 4 is 34.7 Å². The average molecular weight is 514 g/mol. The molecule has 1 atom stereocenters. The number of nitrogens with zero attached hydrogens (tertiary/aromatic N) is 1.